The molecule has 12 heavy (non-hydrogen) atoms. The van der Waals surface area contributed by atoms with Gasteiger partial charge in [-0.3, -0.25) is 0 Å². The van der Waals surface area contributed by atoms with E-state index in [1.54, 1.807) is 0 Å². The van der Waals surface area contributed by atoms with Crippen LogP contribution in [0.25, 0.3) is 0 Å². The average molecular weight is 173 g/mol. The Labute approximate surface area is 72.0 Å². The van der Waals surface area contributed by atoms with Crippen LogP contribution >= 0.6 is 0 Å². The van der Waals surface area contributed by atoms with Gasteiger partial charge in [-0.05, 0) is 25.7 Å². The van der Waals surface area contributed by atoms with Crippen LogP contribution in [0.15, 0.2) is 0 Å². The van der Waals surface area contributed by atoms with Crippen molar-refractivity contribution in [3.05, 3.63) is 0 Å². The van der Waals surface area contributed by atoms with E-state index in [9.17, 15) is 4.79 Å². The molecule has 0 atom stereocenters. The average Bonchev–Trinajstić information content (AvgIpc) is 2.09. The van der Waals surface area contributed by atoms with Crippen molar-refractivity contribution in [3.8, 4) is 0 Å². The van der Waals surface area contributed by atoms with Gasteiger partial charge in [0.2, 0.25) is 0 Å². The minimum atomic E-state index is -0.588. The second-order valence-electron chi connectivity index (χ2n) is 3.11. The molecule has 0 aliphatic heterocycles. The zero-order chi connectivity index (χ0) is 8.97. The number of hydrogen-bond donors (Lipinski definition) is 1. The Kier molecular flexibility index (Phi) is 3.34. The molecular weight excluding hydrogens is 158 g/mol. The lowest BCUT2D eigenvalue weighted by Crippen LogP contribution is -2.31. The second-order valence-corrected chi connectivity index (χ2v) is 3.11. The molecule has 0 aromatic carbocycles. The van der Waals surface area contributed by atoms with Crippen molar-refractivity contribution in [2.24, 2.45) is 5.73 Å². The third-order valence-corrected chi connectivity index (χ3v) is 2.15. The molecule has 1 saturated carbocycles. The van der Waals surface area contributed by atoms with Crippen molar-refractivity contribution in [2.75, 3.05) is 7.11 Å². The number of methoxy groups -OCH3 is 1. The lowest BCUT2D eigenvalue weighted by atomic mass is 9.94. The van der Waals surface area contributed by atoms with Crippen LogP contribution in [-0.2, 0) is 9.47 Å². The molecule has 4 nitrogen and oxygen atoms in total. The third kappa shape index (κ3) is 2.70. The first-order valence-electron chi connectivity index (χ1n) is 4.22. The Balaban J connectivity index is 2.21. The van der Waals surface area contributed by atoms with Gasteiger partial charge in [-0.25, -0.2) is 4.79 Å². The first kappa shape index (κ1) is 9.32. The SMILES string of the molecule is COC(=O)O[C@H]1CC[C@H](N)CC1. The van der Waals surface area contributed by atoms with E-state index in [1.807, 2.05) is 0 Å². The van der Waals surface area contributed by atoms with Crippen LogP contribution in [0.1, 0.15) is 25.7 Å². The molecule has 0 amide bonds. The minimum absolute atomic E-state index is 0.0113. The first-order chi connectivity index (χ1) is 5.72. The van der Waals surface area contributed by atoms with E-state index in [4.69, 9.17) is 10.5 Å². The van der Waals surface area contributed by atoms with Crippen LogP contribution in [0.4, 0.5) is 4.79 Å². The maximum Gasteiger partial charge on any atom is 0.508 e. The number of carbonyl (C=O) groups is 1. The molecule has 70 valence electrons. The molecule has 1 aliphatic carbocycles. The van der Waals surface area contributed by atoms with Crippen LogP contribution in [0.3, 0.4) is 0 Å². The Hall–Kier alpha value is -0.770. The fraction of sp³-hybridized carbons (Fsp3) is 0.875. The van der Waals surface area contributed by atoms with Crippen molar-refractivity contribution in [2.45, 2.75) is 37.8 Å². The zero-order valence-corrected chi connectivity index (χ0v) is 7.29. The van der Waals surface area contributed by atoms with E-state index in [0.29, 0.717) is 0 Å². The highest BCUT2D eigenvalue weighted by Gasteiger charge is 2.21. The predicted octanol–water partition coefficient (Wildman–Crippen LogP) is 1.04. The standard InChI is InChI=1S/C8H15NO3/c1-11-8(10)12-7-4-2-6(9)3-5-7/h6-7H,2-5,9H2,1H3/t6-,7-. The van der Waals surface area contributed by atoms with Gasteiger partial charge in [0.15, 0.2) is 0 Å². The number of rotatable bonds is 1. The van der Waals surface area contributed by atoms with Crippen molar-refractivity contribution >= 4 is 6.16 Å². The topological polar surface area (TPSA) is 61.5 Å². The summed E-state index contributed by atoms with van der Waals surface area (Å²) >= 11 is 0. The minimum Gasteiger partial charge on any atom is -0.438 e. The number of hydrogen-bond acceptors (Lipinski definition) is 4. The highest BCUT2D eigenvalue weighted by atomic mass is 16.7. The van der Waals surface area contributed by atoms with Gasteiger partial charge in [0, 0.05) is 6.04 Å². The molecule has 0 unspecified atom stereocenters. The van der Waals surface area contributed by atoms with E-state index in [0.717, 1.165) is 25.7 Å². The van der Waals surface area contributed by atoms with Gasteiger partial charge in [-0.2, -0.15) is 0 Å². The molecule has 1 rings (SSSR count). The molecule has 0 bridgehead atoms. The highest BCUT2D eigenvalue weighted by molar-refractivity contribution is 5.59. The third-order valence-electron chi connectivity index (χ3n) is 2.15. The molecule has 0 spiro atoms. The second kappa shape index (κ2) is 4.30. The Morgan fingerprint density at radius 3 is 2.42 bits per heavy atom. The summed E-state index contributed by atoms with van der Waals surface area (Å²) < 4.78 is 9.36. The van der Waals surface area contributed by atoms with Crippen molar-refractivity contribution in [1.82, 2.24) is 0 Å². The van der Waals surface area contributed by atoms with Gasteiger partial charge in [-0.15, -0.1) is 0 Å². The molecule has 1 aliphatic rings. The summed E-state index contributed by atoms with van der Waals surface area (Å²) in [5.41, 5.74) is 5.69. The molecular formula is C8H15NO3. The monoisotopic (exact) mass is 173 g/mol. The first-order valence-corrected chi connectivity index (χ1v) is 4.22. The Bertz CT molecular complexity index is 152. The molecule has 0 aromatic heterocycles. The lowest BCUT2D eigenvalue weighted by molar-refractivity contribution is 0.0211. The maximum absolute atomic E-state index is 10.7. The highest BCUT2D eigenvalue weighted by Crippen LogP contribution is 2.19. The van der Waals surface area contributed by atoms with Gasteiger partial charge < -0.3 is 15.2 Å². The summed E-state index contributed by atoms with van der Waals surface area (Å²) in [6.07, 6.45) is 3.00. The van der Waals surface area contributed by atoms with Crippen LogP contribution in [0.5, 0.6) is 0 Å². The molecule has 4 heteroatoms. The molecule has 1 fully saturated rings. The molecule has 0 saturated heterocycles. The molecule has 0 heterocycles. The fourth-order valence-electron chi connectivity index (χ4n) is 1.39. The Morgan fingerprint density at radius 2 is 1.92 bits per heavy atom. The van der Waals surface area contributed by atoms with E-state index in [2.05, 4.69) is 4.74 Å². The maximum atomic E-state index is 10.7. The molecule has 2 N–H and O–H groups in total. The predicted molar refractivity (Wildman–Crippen MR) is 43.7 cm³/mol. The summed E-state index contributed by atoms with van der Waals surface area (Å²) in [6, 6.07) is 0.280. The number of nitrogens with two attached hydrogens (primary N) is 1. The van der Waals surface area contributed by atoms with Gasteiger partial charge >= 0.3 is 6.16 Å². The quantitative estimate of drug-likeness (QED) is 0.602. The van der Waals surface area contributed by atoms with Crippen molar-refractivity contribution in [3.63, 3.8) is 0 Å². The summed E-state index contributed by atoms with van der Waals surface area (Å²) in [6.45, 7) is 0. The number of ether oxygens (including phenoxy) is 2. The van der Waals surface area contributed by atoms with Crippen LogP contribution in [0.2, 0.25) is 0 Å². The van der Waals surface area contributed by atoms with E-state index >= 15 is 0 Å². The van der Waals surface area contributed by atoms with Gasteiger partial charge in [0.25, 0.3) is 0 Å². The van der Waals surface area contributed by atoms with Gasteiger partial charge in [0.05, 0.1) is 7.11 Å². The lowest BCUT2D eigenvalue weighted by Gasteiger charge is -2.25. The zero-order valence-electron chi connectivity index (χ0n) is 7.29. The summed E-state index contributed by atoms with van der Waals surface area (Å²) in [5, 5.41) is 0. The fourth-order valence-corrected chi connectivity index (χ4v) is 1.39. The molecule has 0 radical (unpaired) electrons. The molecule has 0 aromatic rings. The van der Waals surface area contributed by atoms with E-state index < -0.39 is 6.16 Å². The summed E-state index contributed by atoms with van der Waals surface area (Å²) in [7, 11) is 1.32. The van der Waals surface area contributed by atoms with Gasteiger partial charge in [0.1, 0.15) is 6.10 Å². The van der Waals surface area contributed by atoms with Crippen molar-refractivity contribution < 1.29 is 14.3 Å². The van der Waals surface area contributed by atoms with Crippen LogP contribution in [-0.4, -0.2) is 25.4 Å². The summed E-state index contributed by atoms with van der Waals surface area (Å²) in [4.78, 5) is 10.7. The Morgan fingerprint density at radius 1 is 1.33 bits per heavy atom. The van der Waals surface area contributed by atoms with Crippen LogP contribution in [0, 0.1) is 0 Å². The van der Waals surface area contributed by atoms with E-state index in [1.165, 1.54) is 7.11 Å². The van der Waals surface area contributed by atoms with Gasteiger partial charge in [-0.1, -0.05) is 0 Å². The van der Waals surface area contributed by atoms with E-state index in [-0.39, 0.29) is 12.1 Å². The summed E-state index contributed by atoms with van der Waals surface area (Å²) in [5.74, 6) is 0. The normalized spacial score (nSPS) is 29.5. The largest absolute Gasteiger partial charge is 0.508 e. The van der Waals surface area contributed by atoms with Crippen LogP contribution < -0.4 is 5.73 Å². The smallest absolute Gasteiger partial charge is 0.438 e. The van der Waals surface area contributed by atoms with Crippen molar-refractivity contribution in [1.29, 1.82) is 0 Å². The number of carbonyl (C=O) groups excluding carboxylic acids is 1.